The fraction of sp³-hybridized carbons (Fsp3) is 0.333. The van der Waals surface area contributed by atoms with Gasteiger partial charge in [-0.3, -0.25) is 9.59 Å². The average molecular weight is 405 g/mol. The molecule has 0 atom stereocenters. The van der Waals surface area contributed by atoms with E-state index in [1.165, 1.54) is 0 Å². The summed E-state index contributed by atoms with van der Waals surface area (Å²) in [6, 6.07) is 11.8. The van der Waals surface area contributed by atoms with Gasteiger partial charge in [0.2, 0.25) is 0 Å². The lowest BCUT2D eigenvalue weighted by molar-refractivity contribution is -0.132. The molecule has 0 aliphatic rings. The van der Waals surface area contributed by atoms with Crippen LogP contribution in [0.5, 0.6) is 11.5 Å². The van der Waals surface area contributed by atoms with Gasteiger partial charge in [-0.05, 0) is 63.2 Å². The number of benzene rings is 2. The van der Waals surface area contributed by atoms with Crippen molar-refractivity contribution in [3.63, 3.8) is 0 Å². The van der Waals surface area contributed by atoms with Gasteiger partial charge in [-0.1, -0.05) is 11.6 Å². The standard InChI is InChI=1S/C21H25ClN2O4/c1-4-24(5-2)20(25)14-28-19-12-9-16(13-18(19)22)23-21(26)15-7-10-17(11-8-15)27-6-3/h7-13H,4-6,14H2,1-3H3,(H,23,26). The number of carbonyl (C=O) groups is 2. The molecule has 28 heavy (non-hydrogen) atoms. The molecule has 2 amide bonds. The number of nitrogens with zero attached hydrogens (tertiary/aromatic N) is 1. The molecule has 0 radical (unpaired) electrons. The van der Waals surface area contributed by atoms with Gasteiger partial charge in [0.15, 0.2) is 6.61 Å². The number of nitrogens with one attached hydrogen (secondary N) is 1. The van der Waals surface area contributed by atoms with Gasteiger partial charge in [0.05, 0.1) is 11.6 Å². The van der Waals surface area contributed by atoms with E-state index in [9.17, 15) is 9.59 Å². The minimum atomic E-state index is -0.260. The Morgan fingerprint density at radius 1 is 1.00 bits per heavy atom. The molecule has 0 fully saturated rings. The Bertz CT molecular complexity index is 805. The van der Waals surface area contributed by atoms with Crippen LogP contribution < -0.4 is 14.8 Å². The summed E-state index contributed by atoms with van der Waals surface area (Å²) in [7, 11) is 0. The number of halogens is 1. The second kappa shape index (κ2) is 10.6. The highest BCUT2D eigenvalue weighted by atomic mass is 35.5. The summed E-state index contributed by atoms with van der Waals surface area (Å²) in [5.41, 5.74) is 1.04. The summed E-state index contributed by atoms with van der Waals surface area (Å²) < 4.78 is 10.9. The predicted molar refractivity (Wildman–Crippen MR) is 110 cm³/mol. The zero-order valence-electron chi connectivity index (χ0n) is 16.3. The zero-order chi connectivity index (χ0) is 20.5. The molecule has 0 spiro atoms. The molecule has 0 bridgehead atoms. The Kier molecular flexibility index (Phi) is 8.14. The van der Waals surface area contributed by atoms with Crippen LogP contribution in [0.25, 0.3) is 0 Å². The maximum absolute atomic E-state index is 12.4. The summed E-state index contributed by atoms with van der Waals surface area (Å²) in [4.78, 5) is 26.1. The molecule has 150 valence electrons. The van der Waals surface area contributed by atoms with Crippen molar-refractivity contribution in [2.24, 2.45) is 0 Å². The Balaban J connectivity index is 1.97. The van der Waals surface area contributed by atoms with E-state index in [0.717, 1.165) is 0 Å². The van der Waals surface area contributed by atoms with Crippen molar-refractivity contribution in [3.8, 4) is 11.5 Å². The molecule has 2 aromatic carbocycles. The second-order valence-corrected chi connectivity index (χ2v) is 6.32. The highest BCUT2D eigenvalue weighted by Gasteiger charge is 2.13. The van der Waals surface area contributed by atoms with Crippen LogP contribution in [0.3, 0.4) is 0 Å². The van der Waals surface area contributed by atoms with E-state index in [4.69, 9.17) is 21.1 Å². The van der Waals surface area contributed by atoms with Gasteiger partial charge in [0, 0.05) is 24.3 Å². The Morgan fingerprint density at radius 2 is 1.68 bits per heavy atom. The highest BCUT2D eigenvalue weighted by molar-refractivity contribution is 6.32. The van der Waals surface area contributed by atoms with E-state index >= 15 is 0 Å². The van der Waals surface area contributed by atoms with Gasteiger partial charge >= 0.3 is 0 Å². The maximum atomic E-state index is 12.4. The monoisotopic (exact) mass is 404 g/mol. The molecule has 0 aliphatic carbocycles. The smallest absolute Gasteiger partial charge is 0.260 e. The third-order valence-corrected chi connectivity index (χ3v) is 4.38. The summed E-state index contributed by atoms with van der Waals surface area (Å²) in [5.74, 6) is 0.738. The van der Waals surface area contributed by atoms with Crippen LogP contribution in [-0.4, -0.2) is 43.0 Å². The van der Waals surface area contributed by atoms with Gasteiger partial charge in [-0.2, -0.15) is 0 Å². The van der Waals surface area contributed by atoms with E-state index in [1.54, 1.807) is 47.4 Å². The van der Waals surface area contributed by atoms with Crippen LogP contribution in [0.1, 0.15) is 31.1 Å². The number of likely N-dealkylation sites (N-methyl/N-ethyl adjacent to an activating group) is 1. The number of anilines is 1. The van der Waals surface area contributed by atoms with E-state index in [0.29, 0.717) is 47.5 Å². The van der Waals surface area contributed by atoms with Gasteiger partial charge in [-0.25, -0.2) is 0 Å². The van der Waals surface area contributed by atoms with Gasteiger partial charge in [0.1, 0.15) is 11.5 Å². The molecule has 2 rings (SSSR count). The Labute approximate surface area is 170 Å². The molecular weight excluding hydrogens is 380 g/mol. The van der Waals surface area contributed by atoms with Crippen LogP contribution in [0, 0.1) is 0 Å². The number of rotatable bonds is 9. The maximum Gasteiger partial charge on any atom is 0.260 e. The Morgan fingerprint density at radius 3 is 2.25 bits per heavy atom. The van der Waals surface area contributed by atoms with Gasteiger partial charge < -0.3 is 19.7 Å². The summed E-state index contributed by atoms with van der Waals surface area (Å²) in [5, 5.41) is 3.10. The quantitative estimate of drug-likeness (QED) is 0.678. The lowest BCUT2D eigenvalue weighted by atomic mass is 10.2. The predicted octanol–water partition coefficient (Wildman–Crippen LogP) is 4.24. The third-order valence-electron chi connectivity index (χ3n) is 4.08. The van der Waals surface area contributed by atoms with Crippen LogP contribution >= 0.6 is 11.6 Å². The number of ether oxygens (including phenoxy) is 2. The zero-order valence-corrected chi connectivity index (χ0v) is 17.1. The number of carbonyl (C=O) groups excluding carboxylic acids is 2. The molecule has 6 nitrogen and oxygen atoms in total. The first-order valence-electron chi connectivity index (χ1n) is 9.22. The van der Waals surface area contributed by atoms with Gasteiger partial charge in [-0.15, -0.1) is 0 Å². The first-order valence-corrected chi connectivity index (χ1v) is 9.60. The fourth-order valence-electron chi connectivity index (χ4n) is 2.58. The topological polar surface area (TPSA) is 67.9 Å². The van der Waals surface area contributed by atoms with Crippen molar-refractivity contribution in [2.75, 3.05) is 31.6 Å². The molecule has 0 aliphatic heterocycles. The lowest BCUT2D eigenvalue weighted by Crippen LogP contribution is -2.34. The van der Waals surface area contributed by atoms with Crippen molar-refractivity contribution in [1.82, 2.24) is 4.90 Å². The fourth-order valence-corrected chi connectivity index (χ4v) is 2.81. The molecule has 1 N–H and O–H groups in total. The Hall–Kier alpha value is -2.73. The number of amides is 2. The molecule has 0 unspecified atom stereocenters. The first kappa shape index (κ1) is 21.6. The molecule has 0 saturated heterocycles. The highest BCUT2D eigenvalue weighted by Crippen LogP contribution is 2.28. The van der Waals surface area contributed by atoms with Crippen molar-refractivity contribution < 1.29 is 19.1 Å². The minimum Gasteiger partial charge on any atom is -0.494 e. The van der Waals surface area contributed by atoms with Crippen LogP contribution in [0.15, 0.2) is 42.5 Å². The van der Waals surface area contributed by atoms with Crippen LogP contribution in [-0.2, 0) is 4.79 Å². The van der Waals surface area contributed by atoms with Crippen molar-refractivity contribution in [1.29, 1.82) is 0 Å². The van der Waals surface area contributed by atoms with Crippen molar-refractivity contribution >= 4 is 29.1 Å². The SMILES string of the molecule is CCOc1ccc(C(=O)Nc2ccc(OCC(=O)N(CC)CC)c(Cl)c2)cc1. The van der Waals surface area contributed by atoms with Crippen molar-refractivity contribution in [3.05, 3.63) is 53.1 Å². The first-order chi connectivity index (χ1) is 13.5. The van der Waals surface area contributed by atoms with E-state index in [2.05, 4.69) is 5.32 Å². The van der Waals surface area contributed by atoms with Crippen molar-refractivity contribution in [2.45, 2.75) is 20.8 Å². The summed E-state index contributed by atoms with van der Waals surface area (Å²) >= 11 is 6.23. The molecule has 0 saturated carbocycles. The average Bonchev–Trinajstić information content (AvgIpc) is 2.69. The third kappa shape index (κ3) is 5.89. The molecule has 2 aromatic rings. The summed E-state index contributed by atoms with van der Waals surface area (Å²) in [6.07, 6.45) is 0. The minimum absolute atomic E-state index is 0.0840. The number of hydrogen-bond donors (Lipinski definition) is 1. The van der Waals surface area contributed by atoms with Crippen LogP contribution in [0.4, 0.5) is 5.69 Å². The molecule has 7 heteroatoms. The van der Waals surface area contributed by atoms with E-state index in [1.807, 2.05) is 20.8 Å². The normalized spacial score (nSPS) is 10.3. The van der Waals surface area contributed by atoms with Gasteiger partial charge in [0.25, 0.3) is 11.8 Å². The summed E-state index contributed by atoms with van der Waals surface area (Å²) in [6.45, 7) is 7.47. The second-order valence-electron chi connectivity index (χ2n) is 5.91. The largest absolute Gasteiger partial charge is 0.494 e. The van der Waals surface area contributed by atoms with Crippen LogP contribution in [0.2, 0.25) is 5.02 Å². The van der Waals surface area contributed by atoms with E-state index < -0.39 is 0 Å². The molecule has 0 aromatic heterocycles. The van der Waals surface area contributed by atoms with E-state index in [-0.39, 0.29) is 18.4 Å². The molecule has 0 heterocycles. The lowest BCUT2D eigenvalue weighted by Gasteiger charge is -2.19. The molecular formula is C21H25ClN2O4. The number of hydrogen-bond acceptors (Lipinski definition) is 4.